The maximum Gasteiger partial charge on any atom is 0.251 e. The average Bonchev–Trinajstić information content (AvgIpc) is 2.60. The van der Waals surface area contributed by atoms with E-state index >= 15 is 0 Å². The van der Waals surface area contributed by atoms with Gasteiger partial charge in [0.15, 0.2) is 0 Å². The van der Waals surface area contributed by atoms with E-state index in [-0.39, 0.29) is 30.1 Å². The molecule has 4 N–H and O–H groups in total. The minimum atomic E-state index is -0.559. The Morgan fingerprint density at radius 2 is 2.04 bits per heavy atom. The van der Waals surface area contributed by atoms with Crippen molar-refractivity contribution < 1.29 is 14.3 Å². The molecule has 1 aromatic carbocycles. The molecule has 1 atom stereocenters. The molecule has 7 heteroatoms. The predicted octanol–water partition coefficient (Wildman–Crippen LogP) is 1.94. The zero-order chi connectivity index (χ0) is 16.7. The standard InChI is InChI=1S/C17H25N3O3.ClH/c1-2-8-19-16(21)13-4-3-5-14(11-13)20-17(22)15(18)12-6-9-23-10-7-12;/h3-5,11-12,15H,2,6-10,18H2,1H3,(H,19,21)(H,20,22);1H. The van der Waals surface area contributed by atoms with Crippen molar-refractivity contribution in [2.75, 3.05) is 25.1 Å². The molecule has 1 aliphatic heterocycles. The Morgan fingerprint density at radius 1 is 1.33 bits per heavy atom. The van der Waals surface area contributed by atoms with Crippen molar-refractivity contribution in [3.8, 4) is 0 Å². The van der Waals surface area contributed by atoms with Gasteiger partial charge in [0.2, 0.25) is 5.91 Å². The Balaban J connectivity index is 0.00000288. The van der Waals surface area contributed by atoms with Crippen LogP contribution in [0.1, 0.15) is 36.5 Å². The number of hydrogen-bond donors (Lipinski definition) is 3. The second-order valence-corrected chi connectivity index (χ2v) is 5.80. The van der Waals surface area contributed by atoms with Crippen molar-refractivity contribution >= 4 is 29.9 Å². The van der Waals surface area contributed by atoms with Crippen molar-refractivity contribution in [3.63, 3.8) is 0 Å². The molecule has 0 aliphatic carbocycles. The highest BCUT2D eigenvalue weighted by atomic mass is 35.5. The number of benzene rings is 1. The van der Waals surface area contributed by atoms with Crippen LogP contribution < -0.4 is 16.4 Å². The number of ether oxygens (including phenoxy) is 1. The first-order valence-electron chi connectivity index (χ1n) is 8.14. The number of rotatable bonds is 6. The van der Waals surface area contributed by atoms with E-state index in [4.69, 9.17) is 10.5 Å². The van der Waals surface area contributed by atoms with Crippen molar-refractivity contribution in [2.45, 2.75) is 32.2 Å². The van der Waals surface area contributed by atoms with Gasteiger partial charge in [-0.3, -0.25) is 9.59 Å². The maximum absolute atomic E-state index is 12.3. The summed E-state index contributed by atoms with van der Waals surface area (Å²) in [6.45, 7) is 3.93. The largest absolute Gasteiger partial charge is 0.381 e. The maximum atomic E-state index is 12.3. The highest BCUT2D eigenvalue weighted by Gasteiger charge is 2.26. The molecule has 1 heterocycles. The molecule has 0 spiro atoms. The molecule has 1 saturated heterocycles. The molecule has 134 valence electrons. The van der Waals surface area contributed by atoms with E-state index in [1.54, 1.807) is 24.3 Å². The molecular formula is C17H26ClN3O3. The van der Waals surface area contributed by atoms with Gasteiger partial charge in [-0.25, -0.2) is 0 Å². The van der Waals surface area contributed by atoms with Crippen molar-refractivity contribution in [2.24, 2.45) is 11.7 Å². The summed E-state index contributed by atoms with van der Waals surface area (Å²) in [6.07, 6.45) is 2.48. The van der Waals surface area contributed by atoms with Crippen LogP contribution in [0.15, 0.2) is 24.3 Å². The molecule has 1 aromatic rings. The van der Waals surface area contributed by atoms with Gasteiger partial charge < -0.3 is 21.1 Å². The summed E-state index contributed by atoms with van der Waals surface area (Å²) in [6, 6.07) is 6.33. The van der Waals surface area contributed by atoms with Crippen LogP contribution in [0.3, 0.4) is 0 Å². The van der Waals surface area contributed by atoms with Gasteiger partial charge in [-0.05, 0) is 43.4 Å². The van der Waals surface area contributed by atoms with E-state index in [1.807, 2.05) is 6.92 Å². The summed E-state index contributed by atoms with van der Waals surface area (Å²) >= 11 is 0. The number of anilines is 1. The first-order valence-corrected chi connectivity index (χ1v) is 8.14. The molecule has 24 heavy (non-hydrogen) atoms. The number of amides is 2. The lowest BCUT2D eigenvalue weighted by Crippen LogP contribution is -2.44. The summed E-state index contributed by atoms with van der Waals surface area (Å²) < 4.78 is 5.29. The molecule has 0 bridgehead atoms. The summed E-state index contributed by atoms with van der Waals surface area (Å²) in [7, 11) is 0. The third-order valence-electron chi connectivity index (χ3n) is 4.00. The number of nitrogens with two attached hydrogens (primary N) is 1. The molecule has 0 saturated carbocycles. The van der Waals surface area contributed by atoms with Crippen LogP contribution in [0.4, 0.5) is 5.69 Å². The highest BCUT2D eigenvalue weighted by molar-refractivity contribution is 5.98. The normalized spacial score (nSPS) is 15.9. The summed E-state index contributed by atoms with van der Waals surface area (Å²) in [5.41, 5.74) is 7.17. The molecule has 2 rings (SSSR count). The monoisotopic (exact) mass is 355 g/mol. The fraction of sp³-hybridized carbons (Fsp3) is 0.529. The first kappa shape index (κ1) is 20.4. The second kappa shape index (κ2) is 10.3. The van der Waals surface area contributed by atoms with E-state index in [0.717, 1.165) is 19.3 Å². The zero-order valence-corrected chi connectivity index (χ0v) is 14.7. The number of carbonyl (C=O) groups excluding carboxylic acids is 2. The first-order chi connectivity index (χ1) is 11.1. The second-order valence-electron chi connectivity index (χ2n) is 5.80. The molecular weight excluding hydrogens is 330 g/mol. The number of hydrogen-bond acceptors (Lipinski definition) is 4. The summed E-state index contributed by atoms with van der Waals surface area (Å²) in [5, 5.41) is 5.62. The third kappa shape index (κ3) is 5.78. The van der Waals surface area contributed by atoms with Gasteiger partial charge in [-0.2, -0.15) is 0 Å². The van der Waals surface area contributed by atoms with Crippen molar-refractivity contribution in [3.05, 3.63) is 29.8 Å². The molecule has 6 nitrogen and oxygen atoms in total. The van der Waals surface area contributed by atoms with E-state index in [9.17, 15) is 9.59 Å². The van der Waals surface area contributed by atoms with Crippen LogP contribution in [-0.2, 0) is 9.53 Å². The van der Waals surface area contributed by atoms with Gasteiger partial charge in [-0.1, -0.05) is 13.0 Å². The van der Waals surface area contributed by atoms with Gasteiger partial charge in [-0.15, -0.1) is 12.4 Å². The van der Waals surface area contributed by atoms with Crippen LogP contribution in [0, 0.1) is 5.92 Å². The smallest absolute Gasteiger partial charge is 0.251 e. The van der Waals surface area contributed by atoms with Crippen LogP contribution >= 0.6 is 12.4 Å². The van der Waals surface area contributed by atoms with E-state index in [2.05, 4.69) is 10.6 Å². The predicted molar refractivity (Wildman–Crippen MR) is 96.5 cm³/mol. The Hall–Kier alpha value is -1.63. The van der Waals surface area contributed by atoms with Crippen LogP contribution in [0.2, 0.25) is 0 Å². The van der Waals surface area contributed by atoms with Gasteiger partial charge in [0.25, 0.3) is 5.91 Å². The molecule has 0 aromatic heterocycles. The van der Waals surface area contributed by atoms with Crippen LogP contribution in [-0.4, -0.2) is 37.6 Å². The third-order valence-corrected chi connectivity index (χ3v) is 4.00. The van der Waals surface area contributed by atoms with E-state index in [1.165, 1.54) is 0 Å². The topological polar surface area (TPSA) is 93.5 Å². The SMILES string of the molecule is CCCNC(=O)c1cccc(NC(=O)C(N)C2CCOCC2)c1.Cl. The van der Waals surface area contributed by atoms with Gasteiger partial charge in [0.05, 0.1) is 6.04 Å². The van der Waals surface area contributed by atoms with E-state index in [0.29, 0.717) is 31.0 Å². The zero-order valence-electron chi connectivity index (χ0n) is 13.9. The Morgan fingerprint density at radius 3 is 2.71 bits per heavy atom. The fourth-order valence-corrected chi connectivity index (χ4v) is 2.59. The van der Waals surface area contributed by atoms with Crippen LogP contribution in [0.5, 0.6) is 0 Å². The molecule has 1 aliphatic rings. The molecule has 1 unspecified atom stereocenters. The quantitative estimate of drug-likeness (QED) is 0.727. The lowest BCUT2D eigenvalue weighted by Gasteiger charge is -2.26. The van der Waals surface area contributed by atoms with Gasteiger partial charge in [0, 0.05) is 31.0 Å². The minimum absolute atomic E-state index is 0. The number of carbonyl (C=O) groups is 2. The van der Waals surface area contributed by atoms with Gasteiger partial charge >= 0.3 is 0 Å². The van der Waals surface area contributed by atoms with Crippen LogP contribution in [0.25, 0.3) is 0 Å². The number of halogens is 1. The number of nitrogens with one attached hydrogen (secondary N) is 2. The van der Waals surface area contributed by atoms with Gasteiger partial charge in [0.1, 0.15) is 0 Å². The lowest BCUT2D eigenvalue weighted by molar-refractivity contribution is -0.119. The Labute approximate surface area is 148 Å². The Kier molecular flexibility index (Phi) is 8.74. The molecule has 1 fully saturated rings. The molecule has 0 radical (unpaired) electrons. The van der Waals surface area contributed by atoms with E-state index < -0.39 is 6.04 Å². The van der Waals surface area contributed by atoms with Crippen molar-refractivity contribution in [1.29, 1.82) is 0 Å². The minimum Gasteiger partial charge on any atom is -0.381 e. The lowest BCUT2D eigenvalue weighted by atomic mass is 9.92. The fourth-order valence-electron chi connectivity index (χ4n) is 2.59. The average molecular weight is 356 g/mol. The summed E-state index contributed by atoms with van der Waals surface area (Å²) in [5.74, 6) is -0.223. The van der Waals surface area contributed by atoms with Crippen molar-refractivity contribution in [1.82, 2.24) is 5.32 Å². The highest BCUT2D eigenvalue weighted by Crippen LogP contribution is 2.19. The Bertz CT molecular complexity index is 548. The molecule has 2 amide bonds. The summed E-state index contributed by atoms with van der Waals surface area (Å²) in [4.78, 5) is 24.2.